The molecule has 0 heterocycles. The summed E-state index contributed by atoms with van der Waals surface area (Å²) in [6, 6.07) is 10.8. The molecule has 0 amide bonds. The summed E-state index contributed by atoms with van der Waals surface area (Å²) in [6.07, 6.45) is 0. The Balaban J connectivity index is 2.44. The molecule has 0 spiro atoms. The van der Waals surface area contributed by atoms with Crippen LogP contribution < -0.4 is 0 Å². The van der Waals surface area contributed by atoms with Crippen LogP contribution in [0.4, 0.5) is 4.39 Å². The first-order chi connectivity index (χ1) is 8.49. The summed E-state index contributed by atoms with van der Waals surface area (Å²) in [5.74, 6) is -0.286. The normalized spacial score (nSPS) is 12.5. The van der Waals surface area contributed by atoms with Gasteiger partial charge in [0.2, 0.25) is 0 Å². The van der Waals surface area contributed by atoms with E-state index in [-0.39, 0.29) is 11.2 Å². The highest BCUT2D eigenvalue weighted by atomic mass is 127. The molecule has 0 nitrogen and oxygen atoms in total. The highest BCUT2D eigenvalue weighted by molar-refractivity contribution is 14.1. The van der Waals surface area contributed by atoms with Gasteiger partial charge in [-0.1, -0.05) is 22.0 Å². The Hall–Kier alpha value is 0.350. The zero-order valence-electron chi connectivity index (χ0n) is 8.93. The fourth-order valence-corrected chi connectivity index (χ4v) is 3.48. The summed E-state index contributed by atoms with van der Waals surface area (Å²) in [5.41, 5.74) is 1.87. The van der Waals surface area contributed by atoms with Crippen LogP contribution in [0.5, 0.6) is 0 Å². The summed E-state index contributed by atoms with van der Waals surface area (Å²) in [4.78, 5) is 0. The first-order valence-corrected chi connectivity index (χ1v) is 8.13. The van der Waals surface area contributed by atoms with Crippen LogP contribution in [0.15, 0.2) is 45.3 Å². The second-order valence-electron chi connectivity index (χ2n) is 3.70. The minimum Gasteiger partial charge on any atom is -0.206 e. The lowest BCUT2D eigenvalue weighted by atomic mass is 10.0. The van der Waals surface area contributed by atoms with Crippen molar-refractivity contribution in [1.82, 2.24) is 0 Å². The number of hydrogen-bond donors (Lipinski definition) is 0. The van der Waals surface area contributed by atoms with Crippen molar-refractivity contribution in [1.29, 1.82) is 0 Å². The highest BCUT2D eigenvalue weighted by Crippen LogP contribution is 2.35. The van der Waals surface area contributed by atoms with E-state index in [1.807, 2.05) is 18.2 Å². The van der Waals surface area contributed by atoms with E-state index < -0.39 is 0 Å². The van der Waals surface area contributed by atoms with Gasteiger partial charge in [0.05, 0.1) is 9.85 Å². The molecule has 0 aliphatic heterocycles. The van der Waals surface area contributed by atoms with Crippen LogP contribution in [0.25, 0.3) is 0 Å². The summed E-state index contributed by atoms with van der Waals surface area (Å²) in [6.45, 7) is 0. The van der Waals surface area contributed by atoms with Gasteiger partial charge in [-0.15, -0.1) is 11.6 Å². The second-order valence-corrected chi connectivity index (χ2v) is 7.07. The van der Waals surface area contributed by atoms with Gasteiger partial charge in [0, 0.05) is 8.04 Å². The van der Waals surface area contributed by atoms with Crippen LogP contribution >= 0.6 is 66.1 Å². The fraction of sp³-hybridized carbons (Fsp3) is 0.0769. The number of alkyl halides is 1. The van der Waals surface area contributed by atoms with E-state index in [0.717, 1.165) is 19.2 Å². The van der Waals surface area contributed by atoms with E-state index in [4.69, 9.17) is 11.6 Å². The standard InChI is InChI=1S/C13H7Br2ClFI/c14-8-2-4-12(18)9(6-8)13(16)7-1-3-11(17)10(15)5-7/h1-6,13H. The first kappa shape index (κ1) is 14.8. The Labute approximate surface area is 140 Å². The molecule has 0 aliphatic carbocycles. The second kappa shape index (κ2) is 6.20. The van der Waals surface area contributed by atoms with Gasteiger partial charge >= 0.3 is 0 Å². The highest BCUT2D eigenvalue weighted by Gasteiger charge is 2.15. The zero-order valence-corrected chi connectivity index (χ0v) is 15.0. The van der Waals surface area contributed by atoms with Gasteiger partial charge in [0.1, 0.15) is 5.82 Å². The van der Waals surface area contributed by atoms with Crippen molar-refractivity contribution in [2.45, 2.75) is 5.38 Å². The van der Waals surface area contributed by atoms with Crippen LogP contribution in [0.3, 0.4) is 0 Å². The van der Waals surface area contributed by atoms with Gasteiger partial charge in [-0.05, 0) is 80.0 Å². The minimum absolute atomic E-state index is 0.286. The van der Waals surface area contributed by atoms with Gasteiger partial charge in [0.25, 0.3) is 0 Å². The van der Waals surface area contributed by atoms with E-state index in [2.05, 4.69) is 54.5 Å². The van der Waals surface area contributed by atoms with Gasteiger partial charge in [-0.3, -0.25) is 0 Å². The van der Waals surface area contributed by atoms with E-state index in [9.17, 15) is 4.39 Å². The number of halogens is 5. The van der Waals surface area contributed by atoms with Crippen molar-refractivity contribution in [3.8, 4) is 0 Å². The van der Waals surface area contributed by atoms with E-state index >= 15 is 0 Å². The zero-order chi connectivity index (χ0) is 13.3. The third kappa shape index (κ3) is 3.26. The van der Waals surface area contributed by atoms with Crippen LogP contribution in [-0.2, 0) is 0 Å². The minimum atomic E-state index is -0.300. The lowest BCUT2D eigenvalue weighted by Gasteiger charge is -2.13. The van der Waals surface area contributed by atoms with Crippen LogP contribution in [-0.4, -0.2) is 0 Å². The third-order valence-corrected chi connectivity index (χ3v) is 5.04. The first-order valence-electron chi connectivity index (χ1n) is 5.03. The summed E-state index contributed by atoms with van der Waals surface area (Å²) in [5, 5.41) is -0.300. The van der Waals surface area contributed by atoms with E-state index in [1.165, 1.54) is 6.07 Å². The predicted molar refractivity (Wildman–Crippen MR) is 88.7 cm³/mol. The van der Waals surface area contributed by atoms with Crippen molar-refractivity contribution < 1.29 is 4.39 Å². The maximum Gasteiger partial charge on any atom is 0.137 e. The number of rotatable bonds is 2. The number of benzene rings is 2. The maximum atomic E-state index is 13.2. The molecule has 1 atom stereocenters. The van der Waals surface area contributed by atoms with Gasteiger partial charge in [-0.25, -0.2) is 4.39 Å². The van der Waals surface area contributed by atoms with Crippen molar-refractivity contribution in [2.75, 3.05) is 0 Å². The molecular weight excluding hydrogens is 497 g/mol. The summed E-state index contributed by atoms with van der Waals surface area (Å²) >= 11 is 15.3. The maximum absolute atomic E-state index is 13.2. The van der Waals surface area contributed by atoms with Crippen molar-refractivity contribution in [2.24, 2.45) is 0 Å². The van der Waals surface area contributed by atoms with Crippen molar-refractivity contribution in [3.05, 3.63) is 65.9 Å². The molecule has 0 radical (unpaired) electrons. The molecule has 0 saturated heterocycles. The predicted octanol–water partition coefficient (Wildman–Crippen LogP) is 6.28. The molecule has 18 heavy (non-hydrogen) atoms. The van der Waals surface area contributed by atoms with Crippen molar-refractivity contribution in [3.63, 3.8) is 0 Å². The smallest absolute Gasteiger partial charge is 0.137 e. The summed E-state index contributed by atoms with van der Waals surface area (Å²) < 4.78 is 15.7. The molecule has 0 saturated carbocycles. The van der Waals surface area contributed by atoms with E-state index in [1.54, 1.807) is 12.1 Å². The number of hydrogen-bond acceptors (Lipinski definition) is 0. The fourth-order valence-electron chi connectivity index (χ4n) is 1.56. The molecule has 0 N–H and O–H groups in total. The molecule has 0 aliphatic rings. The molecule has 0 bridgehead atoms. The Morgan fingerprint density at radius 2 is 1.83 bits per heavy atom. The third-order valence-electron chi connectivity index (χ3n) is 2.47. The largest absolute Gasteiger partial charge is 0.206 e. The van der Waals surface area contributed by atoms with E-state index in [0.29, 0.717) is 4.47 Å². The molecular formula is C13H7Br2ClFI. The Bertz CT molecular complexity index is 589. The molecule has 2 aromatic rings. The van der Waals surface area contributed by atoms with Gasteiger partial charge in [0.15, 0.2) is 0 Å². The quantitative estimate of drug-likeness (QED) is 0.334. The van der Waals surface area contributed by atoms with Crippen molar-refractivity contribution >= 4 is 66.1 Å². The average molecular weight is 504 g/mol. The Morgan fingerprint density at radius 3 is 2.50 bits per heavy atom. The van der Waals surface area contributed by atoms with Gasteiger partial charge < -0.3 is 0 Å². The van der Waals surface area contributed by atoms with Gasteiger partial charge in [-0.2, -0.15) is 0 Å². The summed E-state index contributed by atoms with van der Waals surface area (Å²) in [7, 11) is 0. The Kier molecular flexibility index (Phi) is 5.08. The molecule has 0 fully saturated rings. The topological polar surface area (TPSA) is 0 Å². The lowest BCUT2D eigenvalue weighted by Crippen LogP contribution is -1.97. The van der Waals surface area contributed by atoms with Crippen LogP contribution in [0.1, 0.15) is 16.5 Å². The molecule has 0 aromatic heterocycles. The van der Waals surface area contributed by atoms with Crippen LogP contribution in [0, 0.1) is 9.39 Å². The lowest BCUT2D eigenvalue weighted by molar-refractivity contribution is 0.620. The monoisotopic (exact) mass is 502 g/mol. The molecule has 2 aromatic carbocycles. The molecule has 2 rings (SSSR count). The Morgan fingerprint density at radius 1 is 1.11 bits per heavy atom. The van der Waals surface area contributed by atoms with Crippen LogP contribution in [0.2, 0.25) is 0 Å². The molecule has 1 unspecified atom stereocenters. The average Bonchev–Trinajstić information content (AvgIpc) is 2.35. The molecule has 94 valence electrons. The molecule has 5 heteroatoms. The SMILES string of the molecule is Fc1ccc(C(Cl)c2cc(Br)ccc2I)cc1Br.